The van der Waals surface area contributed by atoms with Gasteiger partial charge in [0, 0.05) is 30.6 Å². The fourth-order valence-electron chi connectivity index (χ4n) is 3.56. The molecule has 7 heteroatoms. The second-order valence-electron chi connectivity index (χ2n) is 7.03. The van der Waals surface area contributed by atoms with Crippen molar-refractivity contribution >= 4 is 35.7 Å². The SMILES string of the molecule is CC(=O)O.Nc1nccc(Nc2cc3c(c(-c4ccc5c(c4)C=CC5)c2)CN=C3)n1. The minimum Gasteiger partial charge on any atom is -0.481 e. The number of rotatable bonds is 3. The van der Waals surface area contributed by atoms with Crippen LogP contribution in [0.2, 0.25) is 0 Å². The molecule has 5 rings (SSSR count). The van der Waals surface area contributed by atoms with Crippen LogP contribution in [0.4, 0.5) is 17.5 Å². The van der Waals surface area contributed by atoms with Gasteiger partial charge in [-0.3, -0.25) is 9.79 Å². The summed E-state index contributed by atoms with van der Waals surface area (Å²) in [6.45, 7) is 1.80. The molecule has 0 atom stereocenters. The number of carboxylic acids is 1. The van der Waals surface area contributed by atoms with Crippen LogP contribution in [0.15, 0.2) is 53.7 Å². The first-order chi connectivity index (χ1) is 14.5. The second kappa shape index (κ2) is 8.16. The predicted molar refractivity (Wildman–Crippen MR) is 119 cm³/mol. The van der Waals surface area contributed by atoms with Crippen molar-refractivity contribution in [2.45, 2.75) is 19.9 Å². The minimum absolute atomic E-state index is 0.253. The Morgan fingerprint density at radius 3 is 2.80 bits per heavy atom. The van der Waals surface area contributed by atoms with E-state index in [1.807, 2.05) is 6.21 Å². The Labute approximate surface area is 174 Å². The van der Waals surface area contributed by atoms with Crippen molar-refractivity contribution in [2.75, 3.05) is 11.1 Å². The number of carbonyl (C=O) groups is 1. The van der Waals surface area contributed by atoms with Crippen molar-refractivity contribution in [3.8, 4) is 11.1 Å². The van der Waals surface area contributed by atoms with Gasteiger partial charge in [-0.1, -0.05) is 24.3 Å². The monoisotopic (exact) mass is 399 g/mol. The number of nitrogens with one attached hydrogen (secondary N) is 1. The number of aliphatic imine (C=N–C) groups is 1. The van der Waals surface area contributed by atoms with E-state index in [4.69, 9.17) is 15.6 Å². The zero-order chi connectivity index (χ0) is 21.1. The zero-order valence-corrected chi connectivity index (χ0v) is 16.5. The van der Waals surface area contributed by atoms with Crippen molar-refractivity contribution in [3.05, 3.63) is 70.9 Å². The lowest BCUT2D eigenvalue weighted by molar-refractivity contribution is -0.134. The number of carboxylic acid groups (broad SMARTS) is 1. The van der Waals surface area contributed by atoms with Crippen molar-refractivity contribution in [3.63, 3.8) is 0 Å². The summed E-state index contributed by atoms with van der Waals surface area (Å²) >= 11 is 0. The molecule has 0 bridgehead atoms. The summed E-state index contributed by atoms with van der Waals surface area (Å²) in [7, 11) is 0. The molecule has 0 amide bonds. The van der Waals surface area contributed by atoms with Gasteiger partial charge in [0.15, 0.2) is 0 Å². The molecule has 0 fully saturated rings. The van der Waals surface area contributed by atoms with Gasteiger partial charge in [0.2, 0.25) is 5.95 Å². The molecule has 0 spiro atoms. The van der Waals surface area contributed by atoms with Gasteiger partial charge in [0.05, 0.1) is 6.54 Å². The summed E-state index contributed by atoms with van der Waals surface area (Å²) in [6.07, 6.45) is 9.01. The first kappa shape index (κ1) is 19.3. The maximum atomic E-state index is 9.00. The van der Waals surface area contributed by atoms with E-state index < -0.39 is 5.97 Å². The highest BCUT2D eigenvalue weighted by Gasteiger charge is 2.16. The fraction of sp³-hybridized carbons (Fsp3) is 0.130. The number of anilines is 3. The van der Waals surface area contributed by atoms with E-state index in [9.17, 15) is 0 Å². The molecule has 0 unspecified atom stereocenters. The van der Waals surface area contributed by atoms with Gasteiger partial charge in [0.25, 0.3) is 5.97 Å². The van der Waals surface area contributed by atoms with Gasteiger partial charge in [-0.25, -0.2) is 4.98 Å². The number of aromatic nitrogens is 2. The van der Waals surface area contributed by atoms with Crippen molar-refractivity contribution in [1.82, 2.24) is 9.97 Å². The largest absolute Gasteiger partial charge is 0.481 e. The lowest BCUT2D eigenvalue weighted by Gasteiger charge is -2.14. The van der Waals surface area contributed by atoms with E-state index >= 15 is 0 Å². The lowest BCUT2D eigenvalue weighted by atomic mass is 9.94. The molecular formula is C23H21N5O2. The Balaban J connectivity index is 0.000000503. The van der Waals surface area contributed by atoms with E-state index in [1.54, 1.807) is 12.3 Å². The van der Waals surface area contributed by atoms with Gasteiger partial charge in [-0.15, -0.1) is 0 Å². The average Bonchev–Trinajstić information content (AvgIpc) is 3.35. The van der Waals surface area contributed by atoms with Crippen molar-refractivity contribution in [1.29, 1.82) is 0 Å². The summed E-state index contributed by atoms with van der Waals surface area (Å²) < 4.78 is 0. The first-order valence-corrected chi connectivity index (χ1v) is 9.51. The third-order valence-corrected chi connectivity index (χ3v) is 4.80. The molecule has 2 aliphatic rings. The Hall–Kier alpha value is -4.00. The van der Waals surface area contributed by atoms with Crippen LogP contribution < -0.4 is 11.1 Å². The van der Waals surface area contributed by atoms with Gasteiger partial charge in [-0.2, -0.15) is 4.98 Å². The van der Waals surface area contributed by atoms with Crippen LogP contribution >= 0.6 is 0 Å². The van der Waals surface area contributed by atoms with E-state index in [2.05, 4.69) is 62.8 Å². The molecule has 30 heavy (non-hydrogen) atoms. The molecule has 0 saturated heterocycles. The Morgan fingerprint density at radius 2 is 2.00 bits per heavy atom. The number of hydrogen-bond donors (Lipinski definition) is 3. The molecular weight excluding hydrogens is 378 g/mol. The van der Waals surface area contributed by atoms with Crippen molar-refractivity contribution < 1.29 is 9.90 Å². The van der Waals surface area contributed by atoms with Gasteiger partial charge < -0.3 is 16.2 Å². The number of nitrogens with two attached hydrogens (primary N) is 1. The summed E-state index contributed by atoms with van der Waals surface area (Å²) in [5.41, 5.74) is 14.1. The third kappa shape index (κ3) is 4.20. The Kier molecular flexibility index (Phi) is 5.26. The minimum atomic E-state index is -0.833. The standard InChI is InChI=1S/C21H17N5.C2H4O2/c22-21-24-7-6-20(26-21)25-17-9-16-11-23-12-19(16)18(10-17)15-5-4-13-2-1-3-14(13)8-15;1-2(3)4/h1,3-11H,2,12H2,(H3,22,24,25,26);1H3,(H,3,4). The highest BCUT2D eigenvalue weighted by Crippen LogP contribution is 2.35. The first-order valence-electron chi connectivity index (χ1n) is 9.51. The molecule has 1 aliphatic heterocycles. The van der Waals surface area contributed by atoms with E-state index in [1.165, 1.54) is 27.8 Å². The smallest absolute Gasteiger partial charge is 0.300 e. The lowest BCUT2D eigenvalue weighted by Crippen LogP contribution is -2.00. The topological polar surface area (TPSA) is 113 Å². The summed E-state index contributed by atoms with van der Waals surface area (Å²) in [5.74, 6) is 0.0959. The van der Waals surface area contributed by atoms with Gasteiger partial charge in [-0.05, 0) is 58.5 Å². The molecule has 0 saturated carbocycles. The summed E-state index contributed by atoms with van der Waals surface area (Å²) in [5, 5.41) is 10.7. The molecule has 3 aromatic rings. The van der Waals surface area contributed by atoms with Crippen LogP contribution in [0.1, 0.15) is 29.2 Å². The predicted octanol–water partition coefficient (Wildman–Crippen LogP) is 4.06. The maximum absolute atomic E-state index is 9.00. The number of hydrogen-bond acceptors (Lipinski definition) is 6. The van der Waals surface area contributed by atoms with Crippen molar-refractivity contribution in [2.24, 2.45) is 4.99 Å². The Morgan fingerprint density at radius 1 is 1.17 bits per heavy atom. The van der Waals surface area contributed by atoms with Crippen LogP contribution in [-0.4, -0.2) is 27.3 Å². The second-order valence-corrected chi connectivity index (χ2v) is 7.03. The number of fused-ring (bicyclic) bond motifs is 2. The number of allylic oxidation sites excluding steroid dienone is 1. The van der Waals surface area contributed by atoms with Crippen LogP contribution in [0.25, 0.3) is 17.2 Å². The zero-order valence-electron chi connectivity index (χ0n) is 16.5. The molecule has 2 aromatic carbocycles. The fourth-order valence-corrected chi connectivity index (χ4v) is 3.56. The Bertz CT molecular complexity index is 1180. The van der Waals surface area contributed by atoms with Crippen LogP contribution in [-0.2, 0) is 17.8 Å². The number of nitrogen functional groups attached to an aromatic ring is 1. The van der Waals surface area contributed by atoms with E-state index in [-0.39, 0.29) is 5.95 Å². The van der Waals surface area contributed by atoms with Crippen LogP contribution in [0, 0.1) is 0 Å². The molecule has 4 N–H and O–H groups in total. The number of benzene rings is 2. The number of aliphatic carboxylic acids is 1. The normalized spacial score (nSPS) is 12.7. The molecule has 150 valence electrons. The maximum Gasteiger partial charge on any atom is 0.300 e. The van der Waals surface area contributed by atoms with Crippen LogP contribution in [0.5, 0.6) is 0 Å². The highest BCUT2D eigenvalue weighted by atomic mass is 16.4. The van der Waals surface area contributed by atoms with E-state index in [0.29, 0.717) is 5.82 Å². The molecule has 7 nitrogen and oxygen atoms in total. The third-order valence-electron chi connectivity index (χ3n) is 4.80. The number of nitrogens with zero attached hydrogens (tertiary/aromatic N) is 3. The highest BCUT2D eigenvalue weighted by molar-refractivity contribution is 5.92. The summed E-state index contributed by atoms with van der Waals surface area (Å²) in [4.78, 5) is 21.6. The quantitative estimate of drug-likeness (QED) is 0.612. The summed E-state index contributed by atoms with van der Waals surface area (Å²) in [6, 6.07) is 12.7. The molecule has 0 radical (unpaired) electrons. The van der Waals surface area contributed by atoms with Gasteiger partial charge >= 0.3 is 0 Å². The molecule has 1 aromatic heterocycles. The molecule has 1 aliphatic carbocycles. The van der Waals surface area contributed by atoms with E-state index in [0.717, 1.165) is 31.1 Å². The van der Waals surface area contributed by atoms with Gasteiger partial charge in [0.1, 0.15) is 5.82 Å². The average molecular weight is 399 g/mol. The molecule has 2 heterocycles. The van der Waals surface area contributed by atoms with Crippen LogP contribution in [0.3, 0.4) is 0 Å².